The van der Waals surface area contributed by atoms with Gasteiger partial charge in [0.05, 0.1) is 10.5 Å². The lowest BCUT2D eigenvalue weighted by Crippen LogP contribution is -1.98. The SMILES string of the molecule is CNc1cccc([N+](=O)[O-])c1CBr. The van der Waals surface area contributed by atoms with Gasteiger partial charge in [-0.1, -0.05) is 22.0 Å². The number of halogens is 1. The van der Waals surface area contributed by atoms with E-state index in [2.05, 4.69) is 21.2 Å². The number of hydrogen-bond donors (Lipinski definition) is 1. The van der Waals surface area contributed by atoms with E-state index in [1.807, 2.05) is 6.07 Å². The molecule has 0 atom stereocenters. The lowest BCUT2D eigenvalue weighted by molar-refractivity contribution is -0.385. The van der Waals surface area contributed by atoms with Crippen LogP contribution in [0.15, 0.2) is 18.2 Å². The van der Waals surface area contributed by atoms with Gasteiger partial charge in [-0.2, -0.15) is 0 Å². The number of rotatable bonds is 3. The smallest absolute Gasteiger partial charge is 0.275 e. The normalized spacial score (nSPS) is 9.69. The van der Waals surface area contributed by atoms with Crippen LogP contribution in [0.3, 0.4) is 0 Å². The fraction of sp³-hybridized carbons (Fsp3) is 0.250. The summed E-state index contributed by atoms with van der Waals surface area (Å²) in [5, 5.41) is 14.0. The van der Waals surface area contributed by atoms with Crippen molar-refractivity contribution in [1.29, 1.82) is 0 Å². The summed E-state index contributed by atoms with van der Waals surface area (Å²) in [5.74, 6) is 0. The first-order valence-electron chi connectivity index (χ1n) is 3.70. The molecule has 1 aromatic rings. The molecule has 0 radical (unpaired) electrons. The van der Waals surface area contributed by atoms with E-state index >= 15 is 0 Å². The summed E-state index contributed by atoms with van der Waals surface area (Å²) in [4.78, 5) is 10.2. The zero-order chi connectivity index (χ0) is 9.84. The van der Waals surface area contributed by atoms with E-state index in [1.54, 1.807) is 13.1 Å². The van der Waals surface area contributed by atoms with Gasteiger partial charge in [0.2, 0.25) is 0 Å². The third-order valence-electron chi connectivity index (χ3n) is 1.75. The fourth-order valence-electron chi connectivity index (χ4n) is 1.12. The molecule has 1 aromatic carbocycles. The average Bonchev–Trinajstić information content (AvgIpc) is 2.16. The molecule has 0 amide bonds. The largest absolute Gasteiger partial charge is 0.388 e. The van der Waals surface area contributed by atoms with Crippen LogP contribution in [0.4, 0.5) is 11.4 Å². The topological polar surface area (TPSA) is 55.2 Å². The monoisotopic (exact) mass is 244 g/mol. The Morgan fingerprint density at radius 3 is 2.77 bits per heavy atom. The van der Waals surface area contributed by atoms with Crippen LogP contribution in [0.5, 0.6) is 0 Å². The van der Waals surface area contributed by atoms with E-state index in [-0.39, 0.29) is 10.6 Å². The highest BCUT2D eigenvalue weighted by Gasteiger charge is 2.14. The van der Waals surface area contributed by atoms with Crippen LogP contribution in [0.1, 0.15) is 5.56 Å². The molecular weight excluding hydrogens is 236 g/mol. The first-order chi connectivity index (χ1) is 6.20. The van der Waals surface area contributed by atoms with Gasteiger partial charge >= 0.3 is 0 Å². The quantitative estimate of drug-likeness (QED) is 0.505. The molecule has 0 saturated carbocycles. The van der Waals surface area contributed by atoms with Crippen molar-refractivity contribution in [1.82, 2.24) is 0 Å². The van der Waals surface area contributed by atoms with E-state index in [9.17, 15) is 10.1 Å². The summed E-state index contributed by atoms with van der Waals surface area (Å²) >= 11 is 3.22. The van der Waals surface area contributed by atoms with Gasteiger partial charge < -0.3 is 5.32 Å². The van der Waals surface area contributed by atoms with Gasteiger partial charge in [0.15, 0.2) is 0 Å². The molecule has 0 aliphatic heterocycles. The second-order valence-corrected chi connectivity index (χ2v) is 3.00. The maximum atomic E-state index is 10.6. The molecule has 70 valence electrons. The number of nitro groups is 1. The van der Waals surface area contributed by atoms with Crippen molar-refractivity contribution in [3.8, 4) is 0 Å². The van der Waals surface area contributed by atoms with Gasteiger partial charge in [-0.3, -0.25) is 10.1 Å². The van der Waals surface area contributed by atoms with Gasteiger partial charge in [-0.15, -0.1) is 0 Å². The van der Waals surface area contributed by atoms with Gasteiger partial charge in [0, 0.05) is 24.1 Å². The number of alkyl halides is 1. The van der Waals surface area contributed by atoms with Crippen molar-refractivity contribution >= 4 is 27.3 Å². The highest BCUT2D eigenvalue weighted by molar-refractivity contribution is 9.08. The molecule has 0 aliphatic rings. The third-order valence-corrected chi connectivity index (χ3v) is 2.31. The Kier molecular flexibility index (Phi) is 3.25. The first-order valence-corrected chi connectivity index (χ1v) is 4.83. The van der Waals surface area contributed by atoms with Crippen LogP contribution < -0.4 is 5.32 Å². The van der Waals surface area contributed by atoms with Crippen molar-refractivity contribution in [2.75, 3.05) is 12.4 Å². The minimum atomic E-state index is -0.378. The van der Waals surface area contributed by atoms with Crippen LogP contribution >= 0.6 is 15.9 Å². The Hall–Kier alpha value is -1.10. The van der Waals surface area contributed by atoms with E-state index < -0.39 is 0 Å². The Labute approximate surface area is 84.2 Å². The summed E-state index contributed by atoms with van der Waals surface area (Å²) in [5.41, 5.74) is 1.60. The third kappa shape index (κ3) is 1.98. The van der Waals surface area contributed by atoms with E-state index in [4.69, 9.17) is 0 Å². The minimum Gasteiger partial charge on any atom is -0.388 e. The van der Waals surface area contributed by atoms with E-state index in [1.165, 1.54) is 6.07 Å². The molecule has 0 heterocycles. The summed E-state index contributed by atoms with van der Waals surface area (Å²) in [6, 6.07) is 4.97. The molecule has 0 aromatic heterocycles. The highest BCUT2D eigenvalue weighted by Crippen LogP contribution is 2.27. The molecule has 1 N–H and O–H groups in total. The molecule has 0 fully saturated rings. The van der Waals surface area contributed by atoms with Crippen molar-refractivity contribution in [2.45, 2.75) is 5.33 Å². The van der Waals surface area contributed by atoms with Crippen LogP contribution in [0.2, 0.25) is 0 Å². The molecule has 0 bridgehead atoms. The molecule has 0 saturated heterocycles. The summed E-state index contributed by atoms with van der Waals surface area (Å²) < 4.78 is 0. The first kappa shape index (κ1) is 9.98. The average molecular weight is 245 g/mol. The van der Waals surface area contributed by atoms with Crippen molar-refractivity contribution in [3.63, 3.8) is 0 Å². The standard InChI is InChI=1S/C8H9BrN2O2/c1-10-7-3-2-4-8(11(12)13)6(7)5-9/h2-4,10H,5H2,1H3. The Balaban J connectivity index is 3.27. The highest BCUT2D eigenvalue weighted by atomic mass is 79.9. The maximum Gasteiger partial charge on any atom is 0.275 e. The number of nitrogens with one attached hydrogen (secondary N) is 1. The van der Waals surface area contributed by atoms with Crippen molar-refractivity contribution in [3.05, 3.63) is 33.9 Å². The second kappa shape index (κ2) is 4.23. The van der Waals surface area contributed by atoms with Crippen molar-refractivity contribution in [2.24, 2.45) is 0 Å². The number of hydrogen-bond acceptors (Lipinski definition) is 3. The Morgan fingerprint density at radius 2 is 2.31 bits per heavy atom. The zero-order valence-electron chi connectivity index (χ0n) is 7.08. The molecule has 0 spiro atoms. The van der Waals surface area contributed by atoms with Gasteiger partial charge in [0.1, 0.15) is 0 Å². The molecule has 0 aliphatic carbocycles. The van der Waals surface area contributed by atoms with E-state index in [0.29, 0.717) is 10.9 Å². The number of benzene rings is 1. The molecule has 4 nitrogen and oxygen atoms in total. The second-order valence-electron chi connectivity index (χ2n) is 2.44. The number of anilines is 1. The van der Waals surface area contributed by atoms with Gasteiger partial charge in [-0.05, 0) is 6.07 Å². The molecule has 13 heavy (non-hydrogen) atoms. The van der Waals surface area contributed by atoms with Crippen LogP contribution in [-0.4, -0.2) is 12.0 Å². The summed E-state index contributed by atoms with van der Waals surface area (Å²) in [6.45, 7) is 0. The fourth-order valence-corrected chi connectivity index (χ4v) is 1.71. The number of nitrogens with zero attached hydrogens (tertiary/aromatic N) is 1. The van der Waals surface area contributed by atoms with Gasteiger partial charge in [-0.25, -0.2) is 0 Å². The van der Waals surface area contributed by atoms with Crippen LogP contribution in [-0.2, 0) is 5.33 Å². The van der Waals surface area contributed by atoms with Gasteiger partial charge in [0.25, 0.3) is 5.69 Å². The zero-order valence-corrected chi connectivity index (χ0v) is 8.67. The maximum absolute atomic E-state index is 10.6. The summed E-state index contributed by atoms with van der Waals surface area (Å²) in [7, 11) is 1.74. The van der Waals surface area contributed by atoms with E-state index in [0.717, 1.165) is 5.69 Å². The molecule has 0 unspecified atom stereocenters. The van der Waals surface area contributed by atoms with Crippen LogP contribution in [0.25, 0.3) is 0 Å². The Morgan fingerprint density at radius 1 is 1.62 bits per heavy atom. The lowest BCUT2D eigenvalue weighted by atomic mass is 10.1. The van der Waals surface area contributed by atoms with Crippen molar-refractivity contribution < 1.29 is 4.92 Å². The Bertz CT molecular complexity index is 328. The predicted octanol–water partition coefficient (Wildman–Crippen LogP) is 2.53. The molecular formula is C8H9BrN2O2. The molecule has 1 rings (SSSR count). The van der Waals surface area contributed by atoms with Crippen LogP contribution in [0, 0.1) is 10.1 Å². The minimum absolute atomic E-state index is 0.142. The molecule has 5 heteroatoms. The number of nitro benzene ring substituents is 1. The summed E-state index contributed by atoms with van der Waals surface area (Å²) in [6.07, 6.45) is 0. The predicted molar refractivity (Wildman–Crippen MR) is 55.3 cm³/mol. The lowest BCUT2D eigenvalue weighted by Gasteiger charge is -2.05.